The highest BCUT2D eigenvalue weighted by molar-refractivity contribution is 9.10. The van der Waals surface area contributed by atoms with E-state index >= 15 is 0 Å². The second kappa shape index (κ2) is 4.90. The Morgan fingerprint density at radius 1 is 1.00 bits per heavy atom. The molecule has 0 fully saturated rings. The zero-order valence-electron chi connectivity index (χ0n) is 10.0. The van der Waals surface area contributed by atoms with Crippen LogP contribution in [0.3, 0.4) is 0 Å². The van der Waals surface area contributed by atoms with Crippen LogP contribution in [0.1, 0.15) is 0 Å². The molecule has 94 valence electrons. The summed E-state index contributed by atoms with van der Waals surface area (Å²) in [5.74, 6) is 1.39. The van der Waals surface area contributed by atoms with Crippen molar-refractivity contribution in [2.75, 3.05) is 5.73 Å². The molecule has 0 spiro atoms. The molecule has 0 atom stereocenters. The normalized spacial score (nSPS) is 10.6. The van der Waals surface area contributed by atoms with Crippen LogP contribution in [-0.4, -0.2) is 4.98 Å². The first kappa shape index (κ1) is 12.0. The molecular formula is C15H11BrN2O. The van der Waals surface area contributed by atoms with Crippen LogP contribution in [0.5, 0.6) is 11.5 Å². The van der Waals surface area contributed by atoms with E-state index in [1.54, 1.807) is 6.20 Å². The van der Waals surface area contributed by atoms with Crippen LogP contribution in [0.2, 0.25) is 0 Å². The summed E-state index contributed by atoms with van der Waals surface area (Å²) in [6, 6.07) is 15.4. The molecule has 0 bridgehead atoms. The van der Waals surface area contributed by atoms with Crippen molar-refractivity contribution >= 4 is 32.5 Å². The zero-order valence-corrected chi connectivity index (χ0v) is 11.6. The Bertz CT molecular complexity index is 726. The van der Waals surface area contributed by atoms with Crippen LogP contribution >= 0.6 is 15.9 Å². The largest absolute Gasteiger partial charge is 0.454 e. The number of nitrogen functional groups attached to an aromatic ring is 1. The SMILES string of the molecule is Nc1cnc2ccccc2c1Oc1ccc(Br)cc1. The molecule has 0 aliphatic rings. The number of hydrogen-bond donors (Lipinski definition) is 1. The van der Waals surface area contributed by atoms with Gasteiger partial charge in [0.1, 0.15) is 5.75 Å². The fourth-order valence-electron chi connectivity index (χ4n) is 1.87. The van der Waals surface area contributed by atoms with Gasteiger partial charge in [-0.2, -0.15) is 0 Å². The minimum absolute atomic E-state index is 0.529. The molecule has 1 aromatic heterocycles. The van der Waals surface area contributed by atoms with Crippen LogP contribution in [0, 0.1) is 0 Å². The zero-order chi connectivity index (χ0) is 13.2. The van der Waals surface area contributed by atoms with E-state index in [1.165, 1.54) is 0 Å². The van der Waals surface area contributed by atoms with E-state index in [0.717, 1.165) is 21.1 Å². The van der Waals surface area contributed by atoms with Gasteiger partial charge in [0.15, 0.2) is 5.75 Å². The summed E-state index contributed by atoms with van der Waals surface area (Å²) >= 11 is 3.39. The first-order valence-corrected chi connectivity index (χ1v) is 6.60. The lowest BCUT2D eigenvalue weighted by Gasteiger charge is -2.11. The Balaban J connectivity index is 2.09. The molecule has 2 N–H and O–H groups in total. The van der Waals surface area contributed by atoms with Gasteiger partial charge in [0.05, 0.1) is 17.4 Å². The Kier molecular flexibility index (Phi) is 3.09. The van der Waals surface area contributed by atoms with Gasteiger partial charge in [-0.25, -0.2) is 0 Å². The number of nitrogens with two attached hydrogens (primary N) is 1. The van der Waals surface area contributed by atoms with Gasteiger partial charge in [0, 0.05) is 9.86 Å². The van der Waals surface area contributed by atoms with Gasteiger partial charge < -0.3 is 10.5 Å². The van der Waals surface area contributed by atoms with E-state index in [1.807, 2.05) is 48.5 Å². The Morgan fingerprint density at radius 2 is 1.74 bits per heavy atom. The average molecular weight is 315 g/mol. The molecule has 0 saturated heterocycles. The van der Waals surface area contributed by atoms with Crippen molar-refractivity contribution in [3.8, 4) is 11.5 Å². The molecule has 0 unspecified atom stereocenters. The van der Waals surface area contributed by atoms with Gasteiger partial charge in [-0.15, -0.1) is 0 Å². The van der Waals surface area contributed by atoms with E-state index in [9.17, 15) is 0 Å². The predicted molar refractivity (Wildman–Crippen MR) is 80.4 cm³/mol. The second-order valence-corrected chi connectivity index (χ2v) is 5.03. The number of nitrogens with zero attached hydrogens (tertiary/aromatic N) is 1. The third-order valence-corrected chi connectivity index (χ3v) is 3.32. The van der Waals surface area contributed by atoms with Crippen LogP contribution in [0.15, 0.2) is 59.2 Å². The summed E-state index contributed by atoms with van der Waals surface area (Å²) in [4.78, 5) is 4.28. The van der Waals surface area contributed by atoms with E-state index < -0.39 is 0 Å². The number of halogens is 1. The predicted octanol–water partition coefficient (Wildman–Crippen LogP) is 4.37. The molecule has 3 nitrogen and oxygen atoms in total. The van der Waals surface area contributed by atoms with Gasteiger partial charge in [-0.1, -0.05) is 28.1 Å². The quantitative estimate of drug-likeness (QED) is 0.764. The Labute approximate surface area is 119 Å². The third kappa shape index (κ3) is 2.39. The molecule has 4 heteroatoms. The standard InChI is InChI=1S/C15H11BrN2O/c16-10-5-7-11(8-6-10)19-15-12-3-1-2-4-14(12)18-9-13(15)17/h1-9H,17H2. The molecule has 0 aliphatic heterocycles. The van der Waals surface area contributed by atoms with E-state index in [2.05, 4.69) is 20.9 Å². The van der Waals surface area contributed by atoms with Crippen molar-refractivity contribution in [1.29, 1.82) is 0 Å². The summed E-state index contributed by atoms with van der Waals surface area (Å²) in [5.41, 5.74) is 7.36. The van der Waals surface area contributed by atoms with Crippen molar-refractivity contribution in [1.82, 2.24) is 4.98 Å². The molecular weight excluding hydrogens is 304 g/mol. The van der Waals surface area contributed by atoms with Crippen molar-refractivity contribution in [3.05, 3.63) is 59.2 Å². The molecule has 2 aromatic carbocycles. The number of para-hydroxylation sites is 1. The van der Waals surface area contributed by atoms with E-state index in [4.69, 9.17) is 10.5 Å². The highest BCUT2D eigenvalue weighted by Crippen LogP contribution is 2.34. The number of benzene rings is 2. The molecule has 0 saturated carbocycles. The molecule has 3 rings (SSSR count). The van der Waals surface area contributed by atoms with Crippen molar-refractivity contribution in [2.45, 2.75) is 0 Å². The van der Waals surface area contributed by atoms with E-state index in [0.29, 0.717) is 11.4 Å². The maximum atomic E-state index is 5.97. The molecule has 0 radical (unpaired) electrons. The number of aromatic nitrogens is 1. The maximum absolute atomic E-state index is 5.97. The lowest BCUT2D eigenvalue weighted by Crippen LogP contribution is -1.94. The van der Waals surface area contributed by atoms with Crippen LogP contribution in [0.25, 0.3) is 10.9 Å². The number of ether oxygens (including phenoxy) is 1. The molecule has 3 aromatic rings. The van der Waals surface area contributed by atoms with Crippen molar-refractivity contribution in [2.24, 2.45) is 0 Å². The van der Waals surface area contributed by atoms with E-state index in [-0.39, 0.29) is 0 Å². The number of rotatable bonds is 2. The summed E-state index contributed by atoms with van der Waals surface area (Å²) in [5, 5.41) is 0.908. The summed E-state index contributed by atoms with van der Waals surface area (Å²) < 4.78 is 6.90. The fraction of sp³-hybridized carbons (Fsp3) is 0. The number of pyridine rings is 1. The molecule has 0 aliphatic carbocycles. The number of fused-ring (bicyclic) bond motifs is 1. The minimum Gasteiger partial charge on any atom is -0.454 e. The first-order chi connectivity index (χ1) is 9.24. The molecule has 1 heterocycles. The summed E-state index contributed by atoms with van der Waals surface area (Å²) in [7, 11) is 0. The fourth-order valence-corrected chi connectivity index (χ4v) is 2.13. The third-order valence-electron chi connectivity index (χ3n) is 2.79. The maximum Gasteiger partial charge on any atom is 0.161 e. The lowest BCUT2D eigenvalue weighted by atomic mass is 10.2. The summed E-state index contributed by atoms with van der Waals surface area (Å²) in [6.07, 6.45) is 1.62. The highest BCUT2D eigenvalue weighted by Gasteiger charge is 2.08. The molecule has 0 amide bonds. The summed E-state index contributed by atoms with van der Waals surface area (Å²) in [6.45, 7) is 0. The topological polar surface area (TPSA) is 48.1 Å². The molecule has 19 heavy (non-hydrogen) atoms. The lowest BCUT2D eigenvalue weighted by molar-refractivity contribution is 0.490. The van der Waals surface area contributed by atoms with Gasteiger partial charge >= 0.3 is 0 Å². The number of anilines is 1. The van der Waals surface area contributed by atoms with Crippen molar-refractivity contribution < 1.29 is 4.74 Å². The van der Waals surface area contributed by atoms with Gasteiger partial charge in [-0.3, -0.25) is 4.98 Å². The van der Waals surface area contributed by atoms with Crippen LogP contribution in [-0.2, 0) is 0 Å². The smallest absolute Gasteiger partial charge is 0.161 e. The Morgan fingerprint density at radius 3 is 2.53 bits per heavy atom. The van der Waals surface area contributed by atoms with Gasteiger partial charge in [0.2, 0.25) is 0 Å². The first-order valence-electron chi connectivity index (χ1n) is 5.81. The monoisotopic (exact) mass is 314 g/mol. The number of hydrogen-bond acceptors (Lipinski definition) is 3. The second-order valence-electron chi connectivity index (χ2n) is 4.12. The van der Waals surface area contributed by atoms with Crippen molar-refractivity contribution in [3.63, 3.8) is 0 Å². The highest BCUT2D eigenvalue weighted by atomic mass is 79.9. The van der Waals surface area contributed by atoms with Gasteiger partial charge in [0.25, 0.3) is 0 Å². The Hall–Kier alpha value is -2.07. The minimum atomic E-state index is 0.529. The average Bonchev–Trinajstić information content (AvgIpc) is 2.44. The van der Waals surface area contributed by atoms with Crippen LogP contribution < -0.4 is 10.5 Å². The van der Waals surface area contributed by atoms with Gasteiger partial charge in [-0.05, 0) is 36.4 Å². The van der Waals surface area contributed by atoms with Crippen LogP contribution in [0.4, 0.5) is 5.69 Å².